The summed E-state index contributed by atoms with van der Waals surface area (Å²) >= 11 is 11.5. The van der Waals surface area contributed by atoms with Gasteiger partial charge in [-0.2, -0.15) is 14.9 Å². The Morgan fingerprint density at radius 2 is 2.07 bits per heavy atom. The van der Waals surface area contributed by atoms with Gasteiger partial charge in [-0.25, -0.2) is 9.49 Å². The largest absolute Gasteiger partial charge is 0.489 e. The molecule has 0 spiro atoms. The lowest BCUT2D eigenvalue weighted by Crippen LogP contribution is -1.98. The van der Waals surface area contributed by atoms with Crippen LogP contribution in [0.15, 0.2) is 41.5 Å². The molecule has 0 bridgehead atoms. The Kier molecular flexibility index (Phi) is 4.91. The number of nitrogens with zero attached hydrogens (tertiary/aromatic N) is 3. The van der Waals surface area contributed by atoms with Gasteiger partial charge in [-0.1, -0.05) is 23.7 Å². The second-order valence-corrected chi connectivity index (χ2v) is 6.56. The SMILES string of the molecule is Fc1ccccc1-c1n[nH]c(=S)n1/N=C\c1cc(Cl)c2c(c1)OCCCO2. The van der Waals surface area contributed by atoms with Crippen molar-refractivity contribution in [2.24, 2.45) is 5.10 Å². The first-order valence-electron chi connectivity index (χ1n) is 8.19. The first kappa shape index (κ1) is 17.7. The van der Waals surface area contributed by atoms with Gasteiger partial charge in [-0.3, -0.25) is 0 Å². The fourth-order valence-corrected chi connectivity index (χ4v) is 3.12. The predicted molar refractivity (Wildman–Crippen MR) is 103 cm³/mol. The molecule has 27 heavy (non-hydrogen) atoms. The van der Waals surface area contributed by atoms with Crippen molar-refractivity contribution in [3.8, 4) is 22.9 Å². The Labute approximate surface area is 164 Å². The lowest BCUT2D eigenvalue weighted by Gasteiger charge is -2.09. The number of hydrogen-bond acceptors (Lipinski definition) is 5. The van der Waals surface area contributed by atoms with Gasteiger partial charge in [0.25, 0.3) is 0 Å². The van der Waals surface area contributed by atoms with Gasteiger partial charge in [-0.15, -0.1) is 0 Å². The van der Waals surface area contributed by atoms with Crippen LogP contribution in [0.25, 0.3) is 11.4 Å². The summed E-state index contributed by atoms with van der Waals surface area (Å²) in [5.74, 6) is 0.946. The zero-order valence-electron chi connectivity index (χ0n) is 14.0. The monoisotopic (exact) mass is 404 g/mol. The molecule has 0 saturated carbocycles. The molecule has 6 nitrogen and oxygen atoms in total. The Morgan fingerprint density at radius 1 is 1.26 bits per heavy atom. The number of ether oxygens (including phenoxy) is 2. The zero-order chi connectivity index (χ0) is 18.8. The summed E-state index contributed by atoms with van der Waals surface area (Å²) in [6, 6.07) is 9.77. The predicted octanol–water partition coefficient (Wildman–Crippen LogP) is 4.44. The molecule has 3 aromatic rings. The van der Waals surface area contributed by atoms with Crippen LogP contribution >= 0.6 is 23.8 Å². The standard InChI is InChI=1S/C18H14ClFN4O2S/c19-13-8-11(9-15-16(13)26-7-3-6-25-15)10-21-24-17(22-23-18(24)27)12-4-1-2-5-14(12)20/h1-2,4-5,8-10H,3,6-7H2,(H,23,27)/b21-10-. The van der Waals surface area contributed by atoms with Crippen LogP contribution < -0.4 is 9.47 Å². The van der Waals surface area contributed by atoms with Gasteiger partial charge in [-0.05, 0) is 42.0 Å². The molecular weight excluding hydrogens is 391 g/mol. The number of H-pyrrole nitrogens is 1. The molecule has 1 aliphatic heterocycles. The minimum Gasteiger partial charge on any atom is -0.489 e. The van der Waals surface area contributed by atoms with Crippen LogP contribution in [0.1, 0.15) is 12.0 Å². The first-order chi connectivity index (χ1) is 13.1. The average molecular weight is 405 g/mol. The molecule has 1 aliphatic rings. The second-order valence-electron chi connectivity index (χ2n) is 5.77. The quantitative estimate of drug-likeness (QED) is 0.517. The highest BCUT2D eigenvalue weighted by molar-refractivity contribution is 7.71. The van der Waals surface area contributed by atoms with Crippen LogP contribution in [0.2, 0.25) is 5.02 Å². The lowest BCUT2D eigenvalue weighted by atomic mass is 10.2. The van der Waals surface area contributed by atoms with E-state index in [2.05, 4.69) is 15.3 Å². The molecule has 9 heteroatoms. The van der Waals surface area contributed by atoms with Crippen molar-refractivity contribution in [1.29, 1.82) is 0 Å². The van der Waals surface area contributed by atoms with Crippen molar-refractivity contribution in [1.82, 2.24) is 14.9 Å². The van der Waals surface area contributed by atoms with Crippen molar-refractivity contribution >= 4 is 30.0 Å². The molecule has 1 aromatic heterocycles. The molecule has 0 fully saturated rings. The fourth-order valence-electron chi connectivity index (χ4n) is 2.67. The van der Waals surface area contributed by atoms with Gasteiger partial charge in [0.2, 0.25) is 4.77 Å². The van der Waals surface area contributed by atoms with Crippen molar-refractivity contribution in [2.45, 2.75) is 6.42 Å². The minimum atomic E-state index is -0.415. The number of aromatic amines is 1. The minimum absolute atomic E-state index is 0.241. The van der Waals surface area contributed by atoms with Gasteiger partial charge in [0.15, 0.2) is 17.3 Å². The Morgan fingerprint density at radius 3 is 2.93 bits per heavy atom. The molecule has 0 aliphatic carbocycles. The lowest BCUT2D eigenvalue weighted by molar-refractivity contribution is 0.297. The molecule has 4 rings (SSSR count). The van der Waals surface area contributed by atoms with E-state index in [9.17, 15) is 4.39 Å². The van der Waals surface area contributed by atoms with Gasteiger partial charge in [0.1, 0.15) is 5.82 Å². The van der Waals surface area contributed by atoms with Crippen LogP contribution in [0, 0.1) is 10.6 Å². The summed E-state index contributed by atoms with van der Waals surface area (Å²) in [5.41, 5.74) is 0.977. The van der Waals surface area contributed by atoms with E-state index in [1.807, 2.05) is 0 Å². The number of nitrogens with one attached hydrogen (secondary N) is 1. The van der Waals surface area contributed by atoms with Crippen LogP contribution in [0.4, 0.5) is 4.39 Å². The van der Waals surface area contributed by atoms with Crippen LogP contribution in [0.3, 0.4) is 0 Å². The third-order valence-electron chi connectivity index (χ3n) is 3.91. The van der Waals surface area contributed by atoms with E-state index in [1.54, 1.807) is 36.5 Å². The summed E-state index contributed by atoms with van der Waals surface area (Å²) in [5, 5.41) is 11.5. The molecule has 2 aromatic carbocycles. The van der Waals surface area contributed by atoms with Gasteiger partial charge in [0.05, 0.1) is 30.0 Å². The molecular formula is C18H14ClFN4O2S. The highest BCUT2D eigenvalue weighted by Gasteiger charge is 2.16. The van der Waals surface area contributed by atoms with E-state index in [4.69, 9.17) is 33.3 Å². The Balaban J connectivity index is 1.72. The van der Waals surface area contributed by atoms with Crippen LogP contribution in [-0.4, -0.2) is 34.3 Å². The van der Waals surface area contributed by atoms with Crippen molar-refractivity contribution in [2.75, 3.05) is 13.2 Å². The Hall–Kier alpha value is -2.71. The highest BCUT2D eigenvalue weighted by atomic mass is 35.5. The first-order valence-corrected chi connectivity index (χ1v) is 8.98. The molecule has 1 N–H and O–H groups in total. The van der Waals surface area contributed by atoms with Crippen molar-refractivity contribution in [3.63, 3.8) is 0 Å². The summed E-state index contributed by atoms with van der Waals surface area (Å²) in [4.78, 5) is 0. The molecule has 2 heterocycles. The van der Waals surface area contributed by atoms with E-state index in [1.165, 1.54) is 10.7 Å². The molecule has 138 valence electrons. The van der Waals surface area contributed by atoms with E-state index < -0.39 is 5.82 Å². The summed E-state index contributed by atoms with van der Waals surface area (Å²) in [6.07, 6.45) is 2.33. The third kappa shape index (κ3) is 3.58. The van der Waals surface area contributed by atoms with E-state index in [-0.39, 0.29) is 10.6 Å². The number of aromatic nitrogens is 3. The molecule has 0 unspecified atom stereocenters. The smallest absolute Gasteiger partial charge is 0.216 e. The normalized spacial score (nSPS) is 13.7. The fraction of sp³-hybridized carbons (Fsp3) is 0.167. The zero-order valence-corrected chi connectivity index (χ0v) is 15.6. The number of benzene rings is 2. The van der Waals surface area contributed by atoms with Gasteiger partial charge in [0, 0.05) is 6.42 Å². The highest BCUT2D eigenvalue weighted by Crippen LogP contribution is 2.37. The van der Waals surface area contributed by atoms with Gasteiger partial charge >= 0.3 is 0 Å². The number of halogens is 2. The van der Waals surface area contributed by atoms with Gasteiger partial charge < -0.3 is 9.47 Å². The van der Waals surface area contributed by atoms with Crippen LogP contribution in [-0.2, 0) is 0 Å². The number of rotatable bonds is 3. The van der Waals surface area contributed by atoms with Crippen molar-refractivity contribution in [3.05, 3.63) is 57.6 Å². The maximum Gasteiger partial charge on any atom is 0.216 e. The molecule has 0 atom stereocenters. The summed E-state index contributed by atoms with van der Waals surface area (Å²) in [7, 11) is 0. The van der Waals surface area contributed by atoms with E-state index in [0.29, 0.717) is 40.9 Å². The van der Waals surface area contributed by atoms with Crippen LogP contribution in [0.5, 0.6) is 11.5 Å². The maximum absolute atomic E-state index is 14.1. The number of fused-ring (bicyclic) bond motifs is 1. The topological polar surface area (TPSA) is 64.4 Å². The molecule has 0 radical (unpaired) electrons. The van der Waals surface area contributed by atoms with E-state index >= 15 is 0 Å². The summed E-state index contributed by atoms with van der Waals surface area (Å²) in [6.45, 7) is 1.10. The maximum atomic E-state index is 14.1. The second kappa shape index (κ2) is 7.50. The Bertz CT molecular complexity index is 1080. The van der Waals surface area contributed by atoms with E-state index in [0.717, 1.165) is 6.42 Å². The van der Waals surface area contributed by atoms with Crippen molar-refractivity contribution < 1.29 is 13.9 Å². The summed E-state index contributed by atoms with van der Waals surface area (Å²) < 4.78 is 27.0. The average Bonchev–Trinajstić information content (AvgIpc) is 2.86. The molecule has 0 saturated heterocycles. The third-order valence-corrected chi connectivity index (χ3v) is 4.46. The molecule has 0 amide bonds. The number of hydrogen-bond donors (Lipinski definition) is 1.